The Bertz CT molecular complexity index is 591. The first kappa shape index (κ1) is 16.5. The van der Waals surface area contributed by atoms with Gasteiger partial charge in [-0.25, -0.2) is 4.39 Å². The smallest absolute Gasteiger partial charge is 0.105 e. The van der Waals surface area contributed by atoms with Crippen molar-refractivity contribution in [2.75, 3.05) is 13.1 Å². The Kier molecular flexibility index (Phi) is 4.74. The third-order valence-electron chi connectivity index (χ3n) is 5.75. The van der Waals surface area contributed by atoms with Gasteiger partial charge in [0, 0.05) is 17.9 Å². The van der Waals surface area contributed by atoms with E-state index in [0.29, 0.717) is 12.3 Å². The van der Waals surface area contributed by atoms with Gasteiger partial charge in [-0.15, -0.1) is 12.4 Å². The molecule has 2 fully saturated rings. The molecule has 1 nitrogen and oxygen atoms in total. The summed E-state index contributed by atoms with van der Waals surface area (Å²) in [5.41, 5.74) is 2.62. The third kappa shape index (κ3) is 2.58. The van der Waals surface area contributed by atoms with Gasteiger partial charge in [-0.05, 0) is 36.4 Å². The van der Waals surface area contributed by atoms with E-state index < -0.39 is 6.17 Å². The van der Waals surface area contributed by atoms with Gasteiger partial charge in [0.2, 0.25) is 0 Å². The van der Waals surface area contributed by atoms with Gasteiger partial charge >= 0.3 is 0 Å². The average Bonchev–Trinajstić information content (AvgIpc) is 3.08. The molecule has 1 heterocycles. The summed E-state index contributed by atoms with van der Waals surface area (Å²) in [6.45, 7) is 1.72. The van der Waals surface area contributed by atoms with E-state index in [2.05, 4.69) is 66.0 Å². The van der Waals surface area contributed by atoms with Crippen LogP contribution in [-0.2, 0) is 5.41 Å². The van der Waals surface area contributed by atoms with Gasteiger partial charge in [-0.1, -0.05) is 60.7 Å². The number of rotatable bonds is 2. The summed E-state index contributed by atoms with van der Waals surface area (Å²) in [5, 5.41) is 3.45. The molecule has 2 aromatic rings. The lowest BCUT2D eigenvalue weighted by atomic mass is 9.56. The molecule has 2 aromatic carbocycles. The highest BCUT2D eigenvalue weighted by Crippen LogP contribution is 2.52. The molecule has 0 aromatic heterocycles. The molecule has 0 radical (unpaired) electrons. The highest BCUT2D eigenvalue weighted by Gasteiger charge is 2.52. The summed E-state index contributed by atoms with van der Waals surface area (Å²) in [4.78, 5) is 0. The van der Waals surface area contributed by atoms with E-state index in [1.807, 2.05) is 0 Å². The Balaban J connectivity index is 0.00000156. The molecule has 3 atom stereocenters. The Labute approximate surface area is 143 Å². The molecular formula is C20H23ClFN. The summed E-state index contributed by atoms with van der Waals surface area (Å²) in [5.74, 6) is 0.468. The van der Waals surface area contributed by atoms with Gasteiger partial charge in [-0.3, -0.25) is 0 Å². The van der Waals surface area contributed by atoms with Crippen LogP contribution in [0.1, 0.15) is 24.0 Å². The predicted molar refractivity (Wildman–Crippen MR) is 94.9 cm³/mol. The number of hydrogen-bond donors (Lipinski definition) is 1. The van der Waals surface area contributed by atoms with E-state index in [0.717, 1.165) is 19.5 Å². The van der Waals surface area contributed by atoms with Crippen molar-refractivity contribution >= 4 is 12.4 Å². The lowest BCUT2D eigenvalue weighted by Crippen LogP contribution is -2.47. The maximum atomic E-state index is 14.5. The van der Waals surface area contributed by atoms with Crippen molar-refractivity contribution in [3.8, 4) is 0 Å². The van der Waals surface area contributed by atoms with Crippen LogP contribution in [0.4, 0.5) is 4.39 Å². The molecule has 0 amide bonds. The molecule has 4 rings (SSSR count). The molecule has 23 heavy (non-hydrogen) atoms. The minimum absolute atomic E-state index is 0. The van der Waals surface area contributed by atoms with Crippen LogP contribution in [-0.4, -0.2) is 19.3 Å². The largest absolute Gasteiger partial charge is 0.316 e. The molecule has 1 aliphatic carbocycles. The van der Waals surface area contributed by atoms with Gasteiger partial charge in [-0.2, -0.15) is 0 Å². The van der Waals surface area contributed by atoms with Crippen LogP contribution in [0.15, 0.2) is 60.7 Å². The maximum Gasteiger partial charge on any atom is 0.105 e. The van der Waals surface area contributed by atoms with Crippen molar-refractivity contribution in [1.82, 2.24) is 5.32 Å². The first-order chi connectivity index (χ1) is 10.8. The monoisotopic (exact) mass is 331 g/mol. The van der Waals surface area contributed by atoms with Gasteiger partial charge in [0.1, 0.15) is 6.17 Å². The standard InChI is InChI=1S/C20H22FN.ClH/c21-19-11-12-20(15-7-3-1-4-8-15,16-9-5-2-6-10-16)18-14-22-13-17(18)19;/h1-10,17-19,22H,11-14H2;1H/t17-,18?,19?;/m0./s1. The van der Waals surface area contributed by atoms with E-state index in [4.69, 9.17) is 0 Å². The van der Waals surface area contributed by atoms with Gasteiger partial charge in [0.25, 0.3) is 0 Å². The maximum absolute atomic E-state index is 14.5. The normalized spacial score (nSPS) is 28.7. The van der Waals surface area contributed by atoms with Gasteiger partial charge in [0.05, 0.1) is 0 Å². The Morgan fingerprint density at radius 1 is 0.870 bits per heavy atom. The van der Waals surface area contributed by atoms with Gasteiger partial charge in [0.15, 0.2) is 0 Å². The van der Waals surface area contributed by atoms with Crippen LogP contribution in [0, 0.1) is 11.8 Å². The number of hydrogen-bond acceptors (Lipinski definition) is 1. The zero-order chi connectivity index (χ0) is 15.0. The molecule has 1 saturated heterocycles. The second kappa shape index (κ2) is 6.62. The topological polar surface area (TPSA) is 12.0 Å². The first-order valence-corrected chi connectivity index (χ1v) is 8.28. The second-order valence-corrected chi connectivity index (χ2v) is 6.69. The lowest BCUT2D eigenvalue weighted by Gasteiger charge is -2.47. The minimum Gasteiger partial charge on any atom is -0.316 e. The molecule has 3 heteroatoms. The predicted octanol–water partition coefficient (Wildman–Crippen LogP) is 4.36. The Hall–Kier alpha value is -1.38. The van der Waals surface area contributed by atoms with E-state index in [-0.39, 0.29) is 23.7 Å². The summed E-state index contributed by atoms with van der Waals surface area (Å²) in [7, 11) is 0. The average molecular weight is 332 g/mol. The Morgan fingerprint density at radius 2 is 1.43 bits per heavy atom. The fourth-order valence-corrected chi connectivity index (χ4v) is 4.74. The Morgan fingerprint density at radius 3 is 2.00 bits per heavy atom. The molecular weight excluding hydrogens is 309 g/mol. The zero-order valence-corrected chi connectivity index (χ0v) is 13.9. The number of benzene rings is 2. The van der Waals surface area contributed by atoms with Crippen LogP contribution in [0.5, 0.6) is 0 Å². The highest BCUT2D eigenvalue weighted by molar-refractivity contribution is 5.85. The third-order valence-corrected chi connectivity index (χ3v) is 5.75. The lowest BCUT2D eigenvalue weighted by molar-refractivity contribution is 0.0883. The number of nitrogens with one attached hydrogen (secondary N) is 1. The summed E-state index contributed by atoms with van der Waals surface area (Å²) < 4.78 is 14.5. The summed E-state index contributed by atoms with van der Waals surface area (Å²) >= 11 is 0. The van der Waals surface area contributed by atoms with Gasteiger partial charge < -0.3 is 5.32 Å². The van der Waals surface area contributed by atoms with Crippen molar-refractivity contribution in [2.45, 2.75) is 24.4 Å². The molecule has 2 unspecified atom stereocenters. The van der Waals surface area contributed by atoms with Crippen molar-refractivity contribution in [3.63, 3.8) is 0 Å². The molecule has 1 aliphatic heterocycles. The van der Waals surface area contributed by atoms with Crippen LogP contribution >= 0.6 is 12.4 Å². The van der Waals surface area contributed by atoms with E-state index in [1.54, 1.807) is 0 Å². The zero-order valence-electron chi connectivity index (χ0n) is 13.1. The van der Waals surface area contributed by atoms with Crippen LogP contribution in [0.2, 0.25) is 0 Å². The fourth-order valence-electron chi connectivity index (χ4n) is 4.74. The van der Waals surface area contributed by atoms with Crippen molar-refractivity contribution in [2.24, 2.45) is 11.8 Å². The molecule has 0 bridgehead atoms. The molecule has 2 aliphatic rings. The number of alkyl halides is 1. The molecule has 1 N–H and O–H groups in total. The molecule has 1 saturated carbocycles. The second-order valence-electron chi connectivity index (χ2n) is 6.69. The van der Waals surface area contributed by atoms with Crippen LogP contribution < -0.4 is 5.32 Å². The van der Waals surface area contributed by atoms with Crippen molar-refractivity contribution in [1.29, 1.82) is 0 Å². The van der Waals surface area contributed by atoms with Crippen LogP contribution in [0.3, 0.4) is 0 Å². The molecule has 122 valence electrons. The van der Waals surface area contributed by atoms with E-state index in [1.165, 1.54) is 11.1 Å². The fraction of sp³-hybridized carbons (Fsp3) is 0.400. The van der Waals surface area contributed by atoms with Crippen LogP contribution in [0.25, 0.3) is 0 Å². The first-order valence-electron chi connectivity index (χ1n) is 8.28. The molecule has 0 spiro atoms. The highest BCUT2D eigenvalue weighted by atomic mass is 35.5. The minimum atomic E-state index is -0.666. The van der Waals surface area contributed by atoms with Crippen molar-refractivity contribution in [3.05, 3.63) is 71.8 Å². The van der Waals surface area contributed by atoms with E-state index >= 15 is 0 Å². The van der Waals surface area contributed by atoms with E-state index in [9.17, 15) is 4.39 Å². The van der Waals surface area contributed by atoms with Crippen molar-refractivity contribution < 1.29 is 4.39 Å². The SMILES string of the molecule is Cl.FC1CCC(c2ccccc2)(c2ccccc2)C2CNC[C@H]12. The quantitative estimate of drug-likeness (QED) is 0.862. The number of halogens is 2. The number of fused-ring (bicyclic) bond motifs is 1. The summed E-state index contributed by atoms with van der Waals surface area (Å²) in [6, 6.07) is 21.5. The summed E-state index contributed by atoms with van der Waals surface area (Å²) in [6.07, 6.45) is 0.887.